The van der Waals surface area contributed by atoms with Crippen LogP contribution in [0.4, 0.5) is 10.1 Å². The molecule has 0 amide bonds. The second-order valence-corrected chi connectivity index (χ2v) is 6.40. The van der Waals surface area contributed by atoms with Crippen LogP contribution in [0.5, 0.6) is 0 Å². The van der Waals surface area contributed by atoms with Crippen LogP contribution in [0.3, 0.4) is 0 Å². The summed E-state index contributed by atoms with van der Waals surface area (Å²) >= 11 is 0. The van der Waals surface area contributed by atoms with Crippen molar-refractivity contribution in [2.75, 3.05) is 5.73 Å². The fourth-order valence-electron chi connectivity index (χ4n) is 3.88. The summed E-state index contributed by atoms with van der Waals surface area (Å²) in [5, 5.41) is 0. The first-order valence-corrected chi connectivity index (χ1v) is 7.98. The molecule has 0 bridgehead atoms. The molecule has 108 valence electrons. The first-order valence-electron chi connectivity index (χ1n) is 7.98. The van der Waals surface area contributed by atoms with Crippen LogP contribution in [-0.2, 0) is 0 Å². The van der Waals surface area contributed by atoms with Crippen LogP contribution in [0.25, 0.3) is 5.57 Å². The van der Waals surface area contributed by atoms with E-state index in [2.05, 4.69) is 6.08 Å². The van der Waals surface area contributed by atoms with Gasteiger partial charge < -0.3 is 5.73 Å². The molecule has 1 aromatic carbocycles. The summed E-state index contributed by atoms with van der Waals surface area (Å²) in [7, 11) is 0. The summed E-state index contributed by atoms with van der Waals surface area (Å²) in [6.45, 7) is 0. The topological polar surface area (TPSA) is 26.0 Å². The van der Waals surface area contributed by atoms with Gasteiger partial charge in [-0.2, -0.15) is 0 Å². The van der Waals surface area contributed by atoms with Crippen molar-refractivity contribution in [1.82, 2.24) is 0 Å². The van der Waals surface area contributed by atoms with Crippen molar-refractivity contribution in [2.45, 2.75) is 51.4 Å². The predicted octanol–water partition coefficient (Wildman–Crippen LogP) is 5.17. The van der Waals surface area contributed by atoms with Crippen molar-refractivity contribution >= 4 is 11.3 Å². The van der Waals surface area contributed by atoms with E-state index in [1.807, 2.05) is 6.07 Å². The van der Waals surface area contributed by atoms with Gasteiger partial charge in [0.25, 0.3) is 0 Å². The molecular weight excluding hydrogens is 249 g/mol. The number of nitrogens with two attached hydrogens (primary N) is 1. The molecule has 0 heterocycles. The molecule has 3 rings (SSSR count). The van der Waals surface area contributed by atoms with Gasteiger partial charge >= 0.3 is 0 Å². The van der Waals surface area contributed by atoms with Crippen LogP contribution >= 0.6 is 0 Å². The third-order valence-electron chi connectivity index (χ3n) is 5.14. The first-order chi connectivity index (χ1) is 9.74. The fraction of sp³-hybridized carbons (Fsp3) is 0.556. The van der Waals surface area contributed by atoms with E-state index < -0.39 is 0 Å². The van der Waals surface area contributed by atoms with Crippen LogP contribution in [0.15, 0.2) is 24.3 Å². The molecule has 1 aromatic rings. The molecule has 0 aromatic heterocycles. The highest BCUT2D eigenvalue weighted by atomic mass is 19.1. The number of nitrogen functional groups attached to an aromatic ring is 1. The number of hydrogen-bond donors (Lipinski definition) is 1. The molecule has 2 N–H and O–H groups in total. The Morgan fingerprint density at radius 2 is 1.80 bits per heavy atom. The van der Waals surface area contributed by atoms with E-state index in [-0.39, 0.29) is 11.5 Å². The van der Waals surface area contributed by atoms with E-state index in [9.17, 15) is 4.39 Å². The summed E-state index contributed by atoms with van der Waals surface area (Å²) in [4.78, 5) is 0. The molecule has 2 heteroatoms. The lowest BCUT2D eigenvalue weighted by Gasteiger charge is -2.32. The van der Waals surface area contributed by atoms with E-state index in [1.165, 1.54) is 50.5 Å². The normalized spacial score (nSPS) is 24.4. The van der Waals surface area contributed by atoms with E-state index in [1.54, 1.807) is 12.1 Å². The number of rotatable bonds is 2. The molecule has 0 saturated heterocycles. The van der Waals surface area contributed by atoms with Gasteiger partial charge in [-0.3, -0.25) is 0 Å². The van der Waals surface area contributed by atoms with Crippen molar-refractivity contribution in [1.29, 1.82) is 0 Å². The van der Waals surface area contributed by atoms with Gasteiger partial charge in [0.1, 0.15) is 5.82 Å². The van der Waals surface area contributed by atoms with E-state index in [0.29, 0.717) is 0 Å². The van der Waals surface area contributed by atoms with Gasteiger partial charge in [0, 0.05) is 0 Å². The average molecular weight is 273 g/mol. The van der Waals surface area contributed by atoms with Crippen LogP contribution in [0.2, 0.25) is 0 Å². The zero-order valence-corrected chi connectivity index (χ0v) is 12.1. The number of anilines is 1. The molecule has 1 nitrogen and oxygen atoms in total. The second-order valence-electron chi connectivity index (χ2n) is 6.40. The van der Waals surface area contributed by atoms with Gasteiger partial charge in [-0.25, -0.2) is 4.39 Å². The Bertz CT molecular complexity index is 500. The highest BCUT2D eigenvalue weighted by molar-refractivity contribution is 5.67. The van der Waals surface area contributed by atoms with Crippen molar-refractivity contribution in [3.05, 3.63) is 35.7 Å². The molecule has 1 fully saturated rings. The van der Waals surface area contributed by atoms with Crippen molar-refractivity contribution < 1.29 is 4.39 Å². The summed E-state index contributed by atoms with van der Waals surface area (Å²) in [5.41, 5.74) is 8.10. The smallest absolute Gasteiger partial charge is 0.146 e. The lowest BCUT2D eigenvalue weighted by molar-refractivity contribution is 0.235. The minimum absolute atomic E-state index is 0.241. The molecule has 2 aliphatic carbocycles. The molecule has 1 unspecified atom stereocenters. The minimum Gasteiger partial charge on any atom is -0.396 e. The first kappa shape index (κ1) is 13.7. The predicted molar refractivity (Wildman–Crippen MR) is 82.7 cm³/mol. The van der Waals surface area contributed by atoms with Gasteiger partial charge in [-0.15, -0.1) is 0 Å². The number of benzene rings is 1. The summed E-state index contributed by atoms with van der Waals surface area (Å²) < 4.78 is 13.5. The minimum atomic E-state index is -0.294. The van der Waals surface area contributed by atoms with Crippen molar-refractivity contribution in [3.8, 4) is 0 Å². The van der Waals surface area contributed by atoms with Crippen molar-refractivity contribution in [2.24, 2.45) is 11.8 Å². The van der Waals surface area contributed by atoms with Crippen LogP contribution in [0.1, 0.15) is 56.9 Å². The Morgan fingerprint density at radius 3 is 2.45 bits per heavy atom. The van der Waals surface area contributed by atoms with Crippen LogP contribution in [0, 0.1) is 17.7 Å². The lowest BCUT2D eigenvalue weighted by atomic mass is 9.73. The molecule has 2 aliphatic rings. The van der Waals surface area contributed by atoms with Gasteiger partial charge in [0.05, 0.1) is 5.69 Å². The fourth-order valence-corrected chi connectivity index (χ4v) is 3.88. The number of halogens is 1. The summed E-state index contributed by atoms with van der Waals surface area (Å²) in [6, 6.07) is 5.21. The highest BCUT2D eigenvalue weighted by Gasteiger charge is 2.25. The zero-order chi connectivity index (χ0) is 13.9. The summed E-state index contributed by atoms with van der Waals surface area (Å²) in [6.07, 6.45) is 13.0. The molecule has 0 spiro atoms. The monoisotopic (exact) mass is 273 g/mol. The molecule has 0 radical (unpaired) electrons. The third kappa shape index (κ3) is 2.89. The number of hydrogen-bond acceptors (Lipinski definition) is 1. The van der Waals surface area contributed by atoms with Crippen LogP contribution < -0.4 is 5.73 Å². The maximum Gasteiger partial charge on any atom is 0.146 e. The Morgan fingerprint density at radius 1 is 1.00 bits per heavy atom. The van der Waals surface area contributed by atoms with Crippen LogP contribution in [-0.4, -0.2) is 0 Å². The molecular formula is C18H24FN. The Kier molecular flexibility index (Phi) is 4.09. The maximum atomic E-state index is 13.5. The molecule has 0 aliphatic heterocycles. The second kappa shape index (κ2) is 5.99. The van der Waals surface area contributed by atoms with Gasteiger partial charge in [-0.1, -0.05) is 44.2 Å². The van der Waals surface area contributed by atoms with Gasteiger partial charge in [-0.05, 0) is 54.4 Å². The van der Waals surface area contributed by atoms with E-state index >= 15 is 0 Å². The maximum absolute atomic E-state index is 13.5. The number of allylic oxidation sites excluding steroid dienone is 2. The zero-order valence-electron chi connectivity index (χ0n) is 12.1. The Hall–Kier alpha value is -1.31. The van der Waals surface area contributed by atoms with Gasteiger partial charge in [0.2, 0.25) is 0 Å². The lowest BCUT2D eigenvalue weighted by Crippen LogP contribution is -2.19. The van der Waals surface area contributed by atoms with Gasteiger partial charge in [0.15, 0.2) is 0 Å². The molecule has 1 saturated carbocycles. The largest absolute Gasteiger partial charge is 0.396 e. The average Bonchev–Trinajstić information content (AvgIpc) is 2.51. The molecule has 1 atom stereocenters. The standard InChI is InChI=1S/C18H24FN/c19-17-12-16(10-11-18(17)20)15-8-6-14(7-9-15)13-4-2-1-3-5-13/h8,10-14H,1-7,9,20H2. The van der Waals surface area contributed by atoms with E-state index in [0.717, 1.165) is 23.8 Å². The Balaban J connectivity index is 1.68. The SMILES string of the molecule is Nc1ccc(C2=CCC(C3CCCCC3)CC2)cc1F. The quantitative estimate of drug-likeness (QED) is 0.739. The van der Waals surface area contributed by atoms with E-state index in [4.69, 9.17) is 5.73 Å². The highest BCUT2D eigenvalue weighted by Crippen LogP contribution is 2.39. The van der Waals surface area contributed by atoms with Crippen molar-refractivity contribution in [3.63, 3.8) is 0 Å². The Labute approximate surface area is 121 Å². The summed E-state index contributed by atoms with van der Waals surface area (Å²) in [5.74, 6) is 1.50. The molecule has 20 heavy (non-hydrogen) atoms. The third-order valence-corrected chi connectivity index (χ3v) is 5.14.